The highest BCUT2D eigenvalue weighted by molar-refractivity contribution is 8.01. The third-order valence-electron chi connectivity index (χ3n) is 3.71. The molecule has 1 aliphatic heterocycles. The number of nitro groups is 1. The van der Waals surface area contributed by atoms with Gasteiger partial charge in [-0.25, -0.2) is 8.42 Å². The molecule has 25 heavy (non-hydrogen) atoms. The Morgan fingerprint density at radius 3 is 2.64 bits per heavy atom. The van der Waals surface area contributed by atoms with E-state index in [0.717, 1.165) is 6.07 Å². The number of thioether (sulfide) groups is 1. The van der Waals surface area contributed by atoms with Gasteiger partial charge >= 0.3 is 0 Å². The van der Waals surface area contributed by atoms with Crippen molar-refractivity contribution in [2.75, 3.05) is 12.3 Å². The quantitative estimate of drug-likeness (QED) is 0.544. The molecule has 1 atom stereocenters. The summed E-state index contributed by atoms with van der Waals surface area (Å²) in [5.74, 6) is 0.595. The van der Waals surface area contributed by atoms with Crippen molar-refractivity contribution in [3.8, 4) is 0 Å². The Morgan fingerprint density at radius 2 is 1.96 bits per heavy atom. The highest BCUT2D eigenvalue weighted by Gasteiger charge is 2.38. The van der Waals surface area contributed by atoms with Gasteiger partial charge in [-0.05, 0) is 23.8 Å². The van der Waals surface area contributed by atoms with Crippen LogP contribution >= 0.6 is 35.0 Å². The largest absolute Gasteiger partial charge is 0.270 e. The minimum absolute atomic E-state index is 0.112. The van der Waals surface area contributed by atoms with Crippen molar-refractivity contribution in [1.82, 2.24) is 4.31 Å². The average Bonchev–Trinajstić information content (AvgIpc) is 3.05. The van der Waals surface area contributed by atoms with Crippen molar-refractivity contribution in [2.24, 2.45) is 0 Å². The number of nitro benzene ring substituents is 1. The molecule has 6 nitrogen and oxygen atoms in total. The number of hydrogen-bond donors (Lipinski definition) is 0. The predicted octanol–water partition coefficient (Wildman–Crippen LogP) is 4.34. The molecule has 0 spiro atoms. The first kappa shape index (κ1) is 18.5. The number of benzene rings is 2. The smallest absolute Gasteiger partial charge is 0.258 e. The molecule has 0 saturated carbocycles. The highest BCUT2D eigenvalue weighted by Crippen LogP contribution is 2.44. The van der Waals surface area contributed by atoms with E-state index in [1.807, 2.05) is 0 Å². The van der Waals surface area contributed by atoms with E-state index in [-0.39, 0.29) is 10.6 Å². The van der Waals surface area contributed by atoms with Gasteiger partial charge in [0, 0.05) is 34.5 Å². The van der Waals surface area contributed by atoms with E-state index in [1.54, 1.807) is 18.2 Å². The van der Waals surface area contributed by atoms with E-state index in [2.05, 4.69) is 0 Å². The molecule has 0 aliphatic carbocycles. The highest BCUT2D eigenvalue weighted by atomic mass is 35.5. The van der Waals surface area contributed by atoms with E-state index in [1.165, 1.54) is 34.3 Å². The third-order valence-corrected chi connectivity index (χ3v) is 7.51. The average molecular weight is 419 g/mol. The summed E-state index contributed by atoms with van der Waals surface area (Å²) in [5.41, 5.74) is 0.372. The second kappa shape index (κ2) is 7.13. The molecule has 0 aromatic heterocycles. The van der Waals surface area contributed by atoms with E-state index < -0.39 is 20.3 Å². The molecule has 1 fully saturated rings. The second-order valence-corrected chi connectivity index (χ2v) is 9.18. The van der Waals surface area contributed by atoms with Gasteiger partial charge in [-0.1, -0.05) is 35.3 Å². The molecule has 10 heteroatoms. The Hall–Kier alpha value is -1.32. The zero-order valence-corrected chi connectivity index (χ0v) is 15.8. The topological polar surface area (TPSA) is 80.5 Å². The molecular formula is C15H12Cl2N2O4S2. The van der Waals surface area contributed by atoms with Crippen molar-refractivity contribution >= 4 is 50.7 Å². The first-order valence-electron chi connectivity index (χ1n) is 7.13. The van der Waals surface area contributed by atoms with Gasteiger partial charge in [0.05, 0.1) is 15.2 Å². The summed E-state index contributed by atoms with van der Waals surface area (Å²) < 4.78 is 27.3. The van der Waals surface area contributed by atoms with Gasteiger partial charge < -0.3 is 0 Å². The summed E-state index contributed by atoms with van der Waals surface area (Å²) in [4.78, 5) is 10.2. The fourth-order valence-corrected chi connectivity index (χ4v) is 6.43. The molecule has 132 valence electrons. The van der Waals surface area contributed by atoms with Crippen molar-refractivity contribution in [1.29, 1.82) is 0 Å². The lowest BCUT2D eigenvalue weighted by Crippen LogP contribution is -2.30. The monoisotopic (exact) mass is 418 g/mol. The summed E-state index contributed by atoms with van der Waals surface area (Å²) in [5, 5.41) is 11.3. The van der Waals surface area contributed by atoms with Crippen LogP contribution in [-0.2, 0) is 10.0 Å². The Labute approximate surface area is 158 Å². The lowest BCUT2D eigenvalue weighted by Gasteiger charge is -2.24. The molecule has 0 amide bonds. The van der Waals surface area contributed by atoms with Crippen molar-refractivity contribution in [3.05, 3.63) is 68.2 Å². The van der Waals surface area contributed by atoms with E-state index >= 15 is 0 Å². The lowest BCUT2D eigenvalue weighted by atomic mass is 10.2. The molecule has 0 bridgehead atoms. The number of rotatable bonds is 4. The molecule has 1 heterocycles. The summed E-state index contributed by atoms with van der Waals surface area (Å²) in [7, 11) is -3.90. The molecule has 1 saturated heterocycles. The van der Waals surface area contributed by atoms with E-state index in [0.29, 0.717) is 27.9 Å². The molecule has 2 aromatic rings. The van der Waals surface area contributed by atoms with Crippen LogP contribution in [-0.4, -0.2) is 29.9 Å². The van der Waals surface area contributed by atoms with Crippen molar-refractivity contribution in [2.45, 2.75) is 10.3 Å². The van der Waals surface area contributed by atoms with Crippen LogP contribution in [0, 0.1) is 10.1 Å². The normalized spacial score (nSPS) is 18.4. The number of hydrogen-bond acceptors (Lipinski definition) is 5. The summed E-state index contributed by atoms with van der Waals surface area (Å²) in [6.07, 6.45) is 0. The molecule has 1 aliphatic rings. The van der Waals surface area contributed by atoms with Gasteiger partial charge in [0.15, 0.2) is 0 Å². The lowest BCUT2D eigenvalue weighted by molar-refractivity contribution is -0.385. The van der Waals surface area contributed by atoms with Crippen LogP contribution in [0.4, 0.5) is 5.69 Å². The Morgan fingerprint density at radius 1 is 1.20 bits per heavy atom. The minimum atomic E-state index is -3.90. The van der Waals surface area contributed by atoms with Gasteiger partial charge in [-0.3, -0.25) is 10.1 Å². The third kappa shape index (κ3) is 3.63. The number of non-ortho nitro benzene ring substituents is 1. The maximum Gasteiger partial charge on any atom is 0.270 e. The fourth-order valence-electron chi connectivity index (χ4n) is 2.54. The van der Waals surface area contributed by atoms with Gasteiger partial charge in [-0.2, -0.15) is 4.31 Å². The van der Waals surface area contributed by atoms with Crippen molar-refractivity contribution < 1.29 is 13.3 Å². The van der Waals surface area contributed by atoms with E-state index in [9.17, 15) is 18.5 Å². The van der Waals surface area contributed by atoms with Crippen LogP contribution in [0.25, 0.3) is 0 Å². The predicted molar refractivity (Wildman–Crippen MR) is 98.6 cm³/mol. The number of halogens is 2. The van der Waals surface area contributed by atoms with Crippen LogP contribution in [0.1, 0.15) is 10.9 Å². The van der Waals surface area contributed by atoms with Crippen LogP contribution < -0.4 is 0 Å². The van der Waals surface area contributed by atoms with Crippen LogP contribution in [0.15, 0.2) is 47.4 Å². The van der Waals surface area contributed by atoms with Crippen LogP contribution in [0.5, 0.6) is 0 Å². The maximum atomic E-state index is 13.0. The zero-order chi connectivity index (χ0) is 18.2. The molecule has 0 N–H and O–H groups in total. The van der Waals surface area contributed by atoms with Crippen LogP contribution in [0.3, 0.4) is 0 Å². The second-order valence-electron chi connectivity index (χ2n) is 5.26. The molecule has 0 unspecified atom stereocenters. The van der Waals surface area contributed by atoms with Gasteiger partial charge in [-0.15, -0.1) is 11.8 Å². The van der Waals surface area contributed by atoms with Crippen molar-refractivity contribution in [3.63, 3.8) is 0 Å². The molecule has 0 radical (unpaired) electrons. The molecule has 2 aromatic carbocycles. The van der Waals surface area contributed by atoms with Gasteiger partial charge in [0.1, 0.15) is 0 Å². The minimum Gasteiger partial charge on any atom is -0.258 e. The zero-order valence-electron chi connectivity index (χ0n) is 12.6. The van der Waals surface area contributed by atoms with Crippen LogP contribution in [0.2, 0.25) is 10.0 Å². The van der Waals surface area contributed by atoms with Gasteiger partial charge in [0.2, 0.25) is 10.0 Å². The maximum absolute atomic E-state index is 13.0. The fraction of sp³-hybridized carbons (Fsp3) is 0.200. The number of sulfonamides is 1. The summed E-state index contributed by atoms with van der Waals surface area (Å²) in [6.45, 7) is 0.291. The SMILES string of the molecule is O=[N+]([O-])c1cccc(S(=O)(=O)N2CCS[C@@H]2c2ccc(Cl)cc2Cl)c1. The Bertz CT molecular complexity index is 937. The number of nitrogens with zero attached hydrogens (tertiary/aromatic N) is 2. The summed E-state index contributed by atoms with van der Waals surface area (Å²) >= 11 is 13.6. The molecular weight excluding hydrogens is 407 g/mol. The summed E-state index contributed by atoms with van der Waals surface area (Å²) in [6, 6.07) is 9.95. The Balaban J connectivity index is 2.01. The molecule has 3 rings (SSSR count). The first-order valence-corrected chi connectivity index (χ1v) is 10.4. The Kier molecular flexibility index (Phi) is 5.26. The standard InChI is InChI=1S/C15H12Cl2N2O4S2/c16-10-4-5-13(14(17)8-10)15-18(6-7-24-15)25(22,23)12-3-1-2-11(9-12)19(20)21/h1-5,8-9,15H,6-7H2/t15-/m1/s1. The first-order chi connectivity index (χ1) is 11.8. The van der Waals surface area contributed by atoms with E-state index in [4.69, 9.17) is 23.2 Å². The van der Waals surface area contributed by atoms with Gasteiger partial charge in [0.25, 0.3) is 5.69 Å².